The average molecular weight is 443 g/mol. The predicted molar refractivity (Wildman–Crippen MR) is 122 cm³/mol. The fraction of sp³-hybridized carbons (Fsp3) is 0.208. The van der Waals surface area contributed by atoms with Crippen LogP contribution in [0.5, 0.6) is 0 Å². The third-order valence-corrected chi connectivity index (χ3v) is 5.44. The van der Waals surface area contributed by atoms with E-state index in [1.54, 1.807) is 41.6 Å². The first kappa shape index (κ1) is 20.7. The number of carbonyl (C=O) groups is 1. The van der Waals surface area contributed by atoms with Crippen LogP contribution in [0.3, 0.4) is 0 Å². The largest absolute Gasteiger partial charge is 0.324 e. The van der Waals surface area contributed by atoms with Crippen LogP contribution < -0.4 is 10.6 Å². The number of rotatable bonds is 7. The molecule has 0 aliphatic heterocycles. The van der Waals surface area contributed by atoms with Crippen molar-refractivity contribution in [3.8, 4) is 11.1 Å². The minimum Gasteiger partial charge on any atom is -0.324 e. The number of nitrogens with zero attached hydrogens (tertiary/aromatic N) is 5. The SMILES string of the molecule is Cn1cc(Nc2ncc(-c3ccc(CC(=O)Nc4cncc(C5CC5)c4)c(F)c3)cn2)cn1. The Morgan fingerprint density at radius 1 is 1.06 bits per heavy atom. The topological polar surface area (TPSA) is 97.6 Å². The van der Waals surface area contributed by atoms with Crippen LogP contribution >= 0.6 is 0 Å². The molecule has 0 bridgehead atoms. The van der Waals surface area contributed by atoms with Crippen molar-refractivity contribution in [3.05, 3.63) is 78.4 Å². The molecule has 5 rings (SSSR count). The Labute approximate surface area is 189 Å². The van der Waals surface area contributed by atoms with Gasteiger partial charge in [-0.15, -0.1) is 0 Å². The lowest BCUT2D eigenvalue weighted by atomic mass is 10.0. The van der Waals surface area contributed by atoms with E-state index < -0.39 is 5.82 Å². The zero-order valence-corrected chi connectivity index (χ0v) is 18.0. The van der Waals surface area contributed by atoms with Crippen LogP contribution in [0.2, 0.25) is 0 Å². The third kappa shape index (κ3) is 5.03. The van der Waals surface area contributed by atoms with E-state index in [-0.39, 0.29) is 12.3 Å². The molecule has 0 radical (unpaired) electrons. The highest BCUT2D eigenvalue weighted by atomic mass is 19.1. The summed E-state index contributed by atoms with van der Waals surface area (Å²) < 4.78 is 16.4. The molecule has 0 atom stereocenters. The zero-order chi connectivity index (χ0) is 22.8. The summed E-state index contributed by atoms with van der Waals surface area (Å²) in [7, 11) is 1.82. The van der Waals surface area contributed by atoms with Crippen LogP contribution in [0, 0.1) is 5.82 Å². The Bertz CT molecular complexity index is 1300. The van der Waals surface area contributed by atoms with E-state index in [9.17, 15) is 9.18 Å². The summed E-state index contributed by atoms with van der Waals surface area (Å²) in [5.41, 5.74) is 4.16. The summed E-state index contributed by atoms with van der Waals surface area (Å²) in [5.74, 6) is 0.222. The molecule has 0 spiro atoms. The van der Waals surface area contributed by atoms with Crippen LogP contribution in [0.4, 0.5) is 21.7 Å². The summed E-state index contributed by atoms with van der Waals surface area (Å²) >= 11 is 0. The Morgan fingerprint density at radius 3 is 2.58 bits per heavy atom. The number of nitrogens with one attached hydrogen (secondary N) is 2. The number of pyridine rings is 1. The molecule has 1 aromatic carbocycles. The number of aromatic nitrogens is 5. The van der Waals surface area contributed by atoms with Gasteiger partial charge >= 0.3 is 0 Å². The lowest BCUT2D eigenvalue weighted by molar-refractivity contribution is -0.115. The van der Waals surface area contributed by atoms with Crippen LogP contribution in [-0.2, 0) is 18.3 Å². The van der Waals surface area contributed by atoms with E-state index in [1.165, 1.54) is 6.07 Å². The van der Waals surface area contributed by atoms with Gasteiger partial charge < -0.3 is 10.6 Å². The molecule has 3 heterocycles. The highest BCUT2D eigenvalue weighted by Gasteiger charge is 2.24. The van der Waals surface area contributed by atoms with Crippen molar-refractivity contribution < 1.29 is 9.18 Å². The van der Waals surface area contributed by atoms with Gasteiger partial charge in [0.2, 0.25) is 11.9 Å². The van der Waals surface area contributed by atoms with Gasteiger partial charge in [0.1, 0.15) is 5.82 Å². The number of benzene rings is 1. The smallest absolute Gasteiger partial charge is 0.228 e. The minimum absolute atomic E-state index is 0.0652. The average Bonchev–Trinajstić information content (AvgIpc) is 3.58. The molecule has 1 amide bonds. The summed E-state index contributed by atoms with van der Waals surface area (Å²) in [4.78, 5) is 25.2. The molecule has 3 aromatic heterocycles. The second-order valence-corrected chi connectivity index (χ2v) is 8.14. The van der Waals surface area contributed by atoms with Crippen molar-refractivity contribution in [2.24, 2.45) is 7.05 Å². The van der Waals surface area contributed by atoms with Crippen molar-refractivity contribution in [1.82, 2.24) is 24.7 Å². The minimum atomic E-state index is -0.454. The molecular formula is C24H22FN7O. The normalized spacial score (nSPS) is 13.0. The second-order valence-electron chi connectivity index (χ2n) is 8.14. The van der Waals surface area contributed by atoms with Crippen molar-refractivity contribution in [2.75, 3.05) is 10.6 Å². The van der Waals surface area contributed by atoms with E-state index in [4.69, 9.17) is 0 Å². The fourth-order valence-electron chi connectivity index (χ4n) is 3.57. The molecule has 1 saturated carbocycles. The molecule has 1 aliphatic carbocycles. The van der Waals surface area contributed by atoms with Gasteiger partial charge in [-0.25, -0.2) is 14.4 Å². The van der Waals surface area contributed by atoms with Crippen LogP contribution in [0.15, 0.2) is 61.4 Å². The van der Waals surface area contributed by atoms with Gasteiger partial charge in [0.25, 0.3) is 0 Å². The van der Waals surface area contributed by atoms with Gasteiger partial charge in [-0.1, -0.05) is 12.1 Å². The van der Waals surface area contributed by atoms with Gasteiger partial charge in [-0.3, -0.25) is 14.5 Å². The first-order chi connectivity index (χ1) is 16.0. The number of anilines is 3. The Balaban J connectivity index is 1.23. The number of halogens is 1. The predicted octanol–water partition coefficient (Wildman–Crippen LogP) is 4.21. The van der Waals surface area contributed by atoms with E-state index in [0.717, 1.165) is 24.1 Å². The zero-order valence-electron chi connectivity index (χ0n) is 18.0. The van der Waals surface area contributed by atoms with Gasteiger partial charge in [0, 0.05) is 37.4 Å². The molecule has 0 unspecified atom stereocenters. The molecule has 9 heteroatoms. The quantitative estimate of drug-likeness (QED) is 0.444. The van der Waals surface area contributed by atoms with Gasteiger partial charge in [0.05, 0.1) is 30.2 Å². The maximum atomic E-state index is 14.7. The molecule has 1 aliphatic rings. The first-order valence-electron chi connectivity index (χ1n) is 10.6. The maximum Gasteiger partial charge on any atom is 0.228 e. The highest BCUT2D eigenvalue weighted by molar-refractivity contribution is 5.92. The lowest BCUT2D eigenvalue weighted by Crippen LogP contribution is -2.15. The first-order valence-corrected chi connectivity index (χ1v) is 10.6. The number of amides is 1. The molecule has 166 valence electrons. The monoisotopic (exact) mass is 443 g/mol. The molecule has 1 fully saturated rings. The standard InChI is InChI=1S/C24H22FN7O/c1-32-14-21(13-29-32)31-24-27-10-19(11-28-24)16-4-5-17(22(25)7-16)8-23(33)30-20-6-18(9-26-12-20)15-2-3-15/h4-7,9-15H,2-3,8H2,1H3,(H,30,33)(H,27,28,31). The number of carbonyl (C=O) groups excluding carboxylic acids is 1. The summed E-state index contributed by atoms with van der Waals surface area (Å²) in [6, 6.07) is 6.71. The number of hydrogen-bond donors (Lipinski definition) is 2. The fourth-order valence-corrected chi connectivity index (χ4v) is 3.57. The van der Waals surface area contributed by atoms with Crippen LogP contribution in [-0.4, -0.2) is 30.6 Å². The summed E-state index contributed by atoms with van der Waals surface area (Å²) in [5, 5.41) is 9.94. The Hall–Kier alpha value is -4.14. The number of aryl methyl sites for hydroxylation is 1. The van der Waals surface area contributed by atoms with Crippen molar-refractivity contribution in [1.29, 1.82) is 0 Å². The Kier molecular flexibility index (Phi) is 5.52. The molecule has 8 nitrogen and oxygen atoms in total. The van der Waals surface area contributed by atoms with E-state index in [0.29, 0.717) is 34.2 Å². The van der Waals surface area contributed by atoms with E-state index >= 15 is 0 Å². The Morgan fingerprint density at radius 2 is 1.88 bits per heavy atom. The third-order valence-electron chi connectivity index (χ3n) is 5.44. The van der Waals surface area contributed by atoms with Crippen molar-refractivity contribution >= 4 is 23.2 Å². The molecular weight excluding hydrogens is 421 g/mol. The number of hydrogen-bond acceptors (Lipinski definition) is 6. The van der Waals surface area contributed by atoms with E-state index in [1.807, 2.05) is 25.5 Å². The van der Waals surface area contributed by atoms with E-state index in [2.05, 4.69) is 30.7 Å². The summed E-state index contributed by atoms with van der Waals surface area (Å²) in [6.07, 6.45) is 12.4. The van der Waals surface area contributed by atoms with Gasteiger partial charge in [-0.2, -0.15) is 5.10 Å². The molecule has 33 heavy (non-hydrogen) atoms. The summed E-state index contributed by atoms with van der Waals surface area (Å²) in [6.45, 7) is 0. The van der Waals surface area contributed by atoms with Crippen molar-refractivity contribution in [2.45, 2.75) is 25.2 Å². The van der Waals surface area contributed by atoms with Crippen LogP contribution in [0.1, 0.15) is 29.9 Å². The maximum absolute atomic E-state index is 14.7. The van der Waals surface area contributed by atoms with Gasteiger partial charge in [-0.05, 0) is 47.6 Å². The molecule has 4 aromatic rings. The highest BCUT2D eigenvalue weighted by Crippen LogP contribution is 2.40. The van der Waals surface area contributed by atoms with Gasteiger partial charge in [0.15, 0.2) is 0 Å². The molecule has 2 N–H and O–H groups in total. The molecule has 0 saturated heterocycles. The van der Waals surface area contributed by atoms with Crippen molar-refractivity contribution in [3.63, 3.8) is 0 Å². The second kappa shape index (κ2) is 8.78. The van der Waals surface area contributed by atoms with Crippen LogP contribution in [0.25, 0.3) is 11.1 Å². The lowest BCUT2D eigenvalue weighted by Gasteiger charge is -2.09.